The van der Waals surface area contributed by atoms with Gasteiger partial charge in [-0.3, -0.25) is 0 Å². The molecule has 2 nitrogen and oxygen atoms in total. The maximum absolute atomic E-state index is 6.32. The first-order valence-corrected chi connectivity index (χ1v) is 8.08. The van der Waals surface area contributed by atoms with Gasteiger partial charge in [0.1, 0.15) is 0 Å². The van der Waals surface area contributed by atoms with Crippen molar-refractivity contribution in [2.24, 2.45) is 0 Å². The highest BCUT2D eigenvalue weighted by molar-refractivity contribution is 6.33. The summed E-state index contributed by atoms with van der Waals surface area (Å²) < 4.78 is 0. The molecule has 0 saturated carbocycles. The molecule has 0 heterocycles. The molecule has 0 aromatic heterocycles. The minimum absolute atomic E-state index is 0.792. The van der Waals surface area contributed by atoms with Gasteiger partial charge in [-0.2, -0.15) is 0 Å². The topological polar surface area (TPSA) is 24.1 Å². The third-order valence-electron chi connectivity index (χ3n) is 3.84. The first-order valence-electron chi connectivity index (χ1n) is 7.71. The zero-order chi connectivity index (χ0) is 16.3. The Morgan fingerprint density at radius 3 is 1.59 bits per heavy atom. The van der Waals surface area contributed by atoms with Gasteiger partial charge in [0, 0.05) is 18.8 Å². The number of halogens is 1. The van der Waals surface area contributed by atoms with Gasteiger partial charge in [0.25, 0.3) is 0 Å². The van der Waals surface area contributed by atoms with Crippen LogP contribution in [0.2, 0.25) is 5.02 Å². The molecule has 22 heavy (non-hydrogen) atoms. The van der Waals surface area contributed by atoms with E-state index in [2.05, 4.69) is 63.5 Å². The van der Waals surface area contributed by atoms with Crippen molar-refractivity contribution in [3.63, 3.8) is 0 Å². The number of benzene rings is 2. The van der Waals surface area contributed by atoms with Crippen molar-refractivity contribution in [2.45, 2.75) is 34.6 Å². The lowest BCUT2D eigenvalue weighted by atomic mass is 10.1. The second-order valence-electron chi connectivity index (χ2n) is 6.07. The van der Waals surface area contributed by atoms with Gasteiger partial charge in [-0.05, 0) is 62.9 Å². The summed E-state index contributed by atoms with van der Waals surface area (Å²) in [5.41, 5.74) is 8.54. The van der Waals surface area contributed by atoms with Crippen LogP contribution in [0.3, 0.4) is 0 Å². The van der Waals surface area contributed by atoms with E-state index in [-0.39, 0.29) is 0 Å². The zero-order valence-corrected chi connectivity index (χ0v) is 14.9. The van der Waals surface area contributed by atoms with Gasteiger partial charge in [-0.25, -0.2) is 0 Å². The summed E-state index contributed by atoms with van der Waals surface area (Å²) in [6, 6.07) is 8.57. The fourth-order valence-electron chi connectivity index (χ4n) is 2.97. The summed E-state index contributed by atoms with van der Waals surface area (Å²) in [6.45, 7) is 12.3. The van der Waals surface area contributed by atoms with E-state index in [0.29, 0.717) is 0 Å². The third kappa shape index (κ3) is 3.95. The number of hydrogen-bond acceptors (Lipinski definition) is 2. The Morgan fingerprint density at radius 2 is 1.09 bits per heavy atom. The summed E-state index contributed by atoms with van der Waals surface area (Å²) in [7, 11) is 0. The first-order chi connectivity index (χ1) is 10.4. The summed E-state index contributed by atoms with van der Waals surface area (Å²) in [4.78, 5) is 0. The summed E-state index contributed by atoms with van der Waals surface area (Å²) in [5, 5.41) is 7.75. The average Bonchev–Trinajstić information content (AvgIpc) is 2.38. The van der Waals surface area contributed by atoms with E-state index in [4.69, 9.17) is 11.6 Å². The van der Waals surface area contributed by atoms with Crippen molar-refractivity contribution < 1.29 is 0 Å². The van der Waals surface area contributed by atoms with E-state index in [1.807, 2.05) is 6.07 Å². The number of rotatable bonds is 5. The first kappa shape index (κ1) is 16.7. The van der Waals surface area contributed by atoms with Crippen molar-refractivity contribution in [1.82, 2.24) is 0 Å². The highest BCUT2D eigenvalue weighted by Gasteiger charge is 2.06. The molecule has 2 aromatic carbocycles. The fourth-order valence-corrected chi connectivity index (χ4v) is 3.36. The Morgan fingerprint density at radius 1 is 0.682 bits per heavy atom. The third-order valence-corrected chi connectivity index (χ3v) is 4.14. The van der Waals surface area contributed by atoms with Crippen LogP contribution in [0.5, 0.6) is 0 Å². The molecule has 0 fully saturated rings. The molecule has 0 amide bonds. The van der Waals surface area contributed by atoms with Gasteiger partial charge in [0.15, 0.2) is 0 Å². The van der Waals surface area contributed by atoms with Crippen molar-refractivity contribution in [2.75, 3.05) is 23.7 Å². The summed E-state index contributed by atoms with van der Waals surface area (Å²) in [5.74, 6) is 0. The van der Waals surface area contributed by atoms with Gasteiger partial charge in [-0.15, -0.1) is 0 Å². The second kappa shape index (κ2) is 7.06. The lowest BCUT2D eigenvalue weighted by Crippen LogP contribution is -2.15. The van der Waals surface area contributed by atoms with Crippen LogP contribution in [0.4, 0.5) is 11.4 Å². The van der Waals surface area contributed by atoms with Crippen molar-refractivity contribution in [1.29, 1.82) is 0 Å². The number of anilines is 2. The lowest BCUT2D eigenvalue weighted by Gasteiger charge is -2.16. The smallest absolute Gasteiger partial charge is 0.0642 e. The molecule has 2 aromatic rings. The van der Waals surface area contributed by atoms with Crippen molar-refractivity contribution in [3.8, 4) is 0 Å². The molecule has 0 atom stereocenters. The van der Waals surface area contributed by atoms with Crippen LogP contribution in [0.1, 0.15) is 27.8 Å². The van der Waals surface area contributed by atoms with Gasteiger partial charge in [0.2, 0.25) is 0 Å². The summed E-state index contributed by atoms with van der Waals surface area (Å²) in [6.07, 6.45) is 0. The van der Waals surface area contributed by atoms with Gasteiger partial charge in [0.05, 0.1) is 10.7 Å². The molecule has 2 N–H and O–H groups in total. The predicted molar refractivity (Wildman–Crippen MR) is 98.6 cm³/mol. The standard InChI is InChI=1S/C19H25ClN2/c1-12-8-14(3)18(15(4)9-12)21-6-7-22-19-16(5)10-13(2)11-17(19)20/h8-11,21-22H,6-7H2,1-5H3. The zero-order valence-electron chi connectivity index (χ0n) is 14.1. The van der Waals surface area contributed by atoms with Crippen LogP contribution in [0, 0.1) is 34.6 Å². The van der Waals surface area contributed by atoms with Crippen LogP contribution in [0.15, 0.2) is 24.3 Å². The molecular weight excluding hydrogens is 292 g/mol. The molecule has 0 radical (unpaired) electrons. The van der Waals surface area contributed by atoms with Crippen LogP contribution < -0.4 is 10.6 Å². The lowest BCUT2D eigenvalue weighted by molar-refractivity contribution is 1.06. The minimum Gasteiger partial charge on any atom is -0.383 e. The largest absolute Gasteiger partial charge is 0.383 e. The van der Waals surface area contributed by atoms with E-state index in [1.54, 1.807) is 0 Å². The van der Waals surface area contributed by atoms with Gasteiger partial charge >= 0.3 is 0 Å². The summed E-state index contributed by atoms with van der Waals surface area (Å²) >= 11 is 6.32. The van der Waals surface area contributed by atoms with E-state index in [1.165, 1.54) is 33.5 Å². The molecule has 118 valence electrons. The minimum atomic E-state index is 0.792. The van der Waals surface area contributed by atoms with E-state index in [0.717, 1.165) is 23.8 Å². The molecule has 0 saturated heterocycles. The van der Waals surface area contributed by atoms with Crippen molar-refractivity contribution >= 4 is 23.0 Å². The quantitative estimate of drug-likeness (QED) is 0.721. The predicted octanol–water partition coefficient (Wildman–Crippen LogP) is 5.41. The Bertz CT molecular complexity index is 572. The molecule has 3 heteroatoms. The molecule has 0 aliphatic rings. The molecule has 0 spiro atoms. The average molecular weight is 317 g/mol. The molecule has 0 aliphatic carbocycles. The Hall–Kier alpha value is -1.67. The Balaban J connectivity index is 1.96. The van der Waals surface area contributed by atoms with E-state index in [9.17, 15) is 0 Å². The van der Waals surface area contributed by atoms with Crippen LogP contribution >= 0.6 is 11.6 Å². The van der Waals surface area contributed by atoms with E-state index < -0.39 is 0 Å². The number of nitrogens with one attached hydrogen (secondary N) is 2. The van der Waals surface area contributed by atoms with Crippen molar-refractivity contribution in [3.05, 3.63) is 57.1 Å². The highest BCUT2D eigenvalue weighted by atomic mass is 35.5. The Labute approximate surface area is 138 Å². The van der Waals surface area contributed by atoms with Crippen LogP contribution in [0.25, 0.3) is 0 Å². The van der Waals surface area contributed by atoms with Gasteiger partial charge in [-0.1, -0.05) is 35.4 Å². The normalized spacial score (nSPS) is 10.6. The number of aryl methyl sites for hydroxylation is 5. The van der Waals surface area contributed by atoms with Gasteiger partial charge < -0.3 is 10.6 Å². The fraction of sp³-hybridized carbons (Fsp3) is 0.368. The molecule has 2 rings (SSSR count). The second-order valence-corrected chi connectivity index (χ2v) is 6.47. The maximum atomic E-state index is 6.32. The maximum Gasteiger partial charge on any atom is 0.0642 e. The monoisotopic (exact) mass is 316 g/mol. The molecule has 0 bridgehead atoms. The Kier molecular flexibility index (Phi) is 5.36. The van der Waals surface area contributed by atoms with Crippen LogP contribution in [-0.2, 0) is 0 Å². The SMILES string of the molecule is Cc1cc(C)c(NCCNc2c(C)cc(C)cc2Cl)c(C)c1. The molecule has 0 aliphatic heterocycles. The molecular formula is C19H25ClN2. The van der Waals surface area contributed by atoms with E-state index >= 15 is 0 Å². The highest BCUT2D eigenvalue weighted by Crippen LogP contribution is 2.27. The molecule has 0 unspecified atom stereocenters. The number of hydrogen-bond donors (Lipinski definition) is 2. The van der Waals surface area contributed by atoms with Crippen LogP contribution in [-0.4, -0.2) is 13.1 Å².